The Morgan fingerprint density at radius 2 is 1.59 bits per heavy atom. The second-order valence-corrected chi connectivity index (χ2v) is 6.72. The van der Waals surface area contributed by atoms with Gasteiger partial charge in [0.25, 0.3) is 0 Å². The molecule has 0 aliphatic heterocycles. The van der Waals surface area contributed by atoms with E-state index in [4.69, 9.17) is 0 Å². The van der Waals surface area contributed by atoms with Gasteiger partial charge in [-0.05, 0) is 29.7 Å². The van der Waals surface area contributed by atoms with Crippen LogP contribution in [0.1, 0.15) is 11.1 Å². The fourth-order valence-corrected chi connectivity index (χ4v) is 2.97. The first kappa shape index (κ1) is 16.2. The van der Waals surface area contributed by atoms with Gasteiger partial charge in [0.05, 0.1) is 12.2 Å². The molecule has 0 aromatic heterocycles. The van der Waals surface area contributed by atoms with Gasteiger partial charge in [-0.1, -0.05) is 42.5 Å². The van der Waals surface area contributed by atoms with Crippen LogP contribution in [0.15, 0.2) is 54.6 Å². The van der Waals surface area contributed by atoms with Crippen molar-refractivity contribution in [3.63, 3.8) is 0 Å². The molecular formula is C16H16FNO3S. The van der Waals surface area contributed by atoms with E-state index in [0.717, 1.165) is 5.56 Å². The van der Waals surface area contributed by atoms with Crippen molar-refractivity contribution in [2.45, 2.75) is 12.8 Å². The summed E-state index contributed by atoms with van der Waals surface area (Å²) in [6.07, 6.45) is 0.227. The fraction of sp³-hybridized carbons (Fsp3) is 0.188. The van der Waals surface area contributed by atoms with Gasteiger partial charge >= 0.3 is 0 Å². The maximum absolute atomic E-state index is 12.8. The summed E-state index contributed by atoms with van der Waals surface area (Å²) < 4.78 is 38.5. The average molecular weight is 321 g/mol. The monoisotopic (exact) mass is 321 g/mol. The highest BCUT2D eigenvalue weighted by Crippen LogP contribution is 2.05. The van der Waals surface area contributed by atoms with E-state index < -0.39 is 21.7 Å². The van der Waals surface area contributed by atoms with Gasteiger partial charge in [0.15, 0.2) is 0 Å². The Kier molecular flexibility index (Phi) is 5.27. The van der Waals surface area contributed by atoms with Crippen LogP contribution in [-0.2, 0) is 27.7 Å². The van der Waals surface area contributed by atoms with Gasteiger partial charge in [-0.25, -0.2) is 12.8 Å². The zero-order valence-corrected chi connectivity index (χ0v) is 12.6. The Labute approximate surface area is 129 Å². The molecule has 22 heavy (non-hydrogen) atoms. The first-order valence-corrected chi connectivity index (χ1v) is 8.41. The van der Waals surface area contributed by atoms with Crippen LogP contribution in [0.25, 0.3) is 0 Å². The lowest BCUT2D eigenvalue weighted by Gasteiger charge is -2.07. The summed E-state index contributed by atoms with van der Waals surface area (Å²) in [5.74, 6) is -1.19. The van der Waals surface area contributed by atoms with Crippen molar-refractivity contribution >= 4 is 15.9 Å². The largest absolute Gasteiger partial charge is 0.274 e. The molecule has 0 radical (unpaired) electrons. The molecule has 4 nitrogen and oxygen atoms in total. The number of hydrogen-bond acceptors (Lipinski definition) is 3. The smallest absolute Gasteiger partial charge is 0.237 e. The third-order valence-corrected chi connectivity index (χ3v) is 4.33. The van der Waals surface area contributed by atoms with Crippen LogP contribution >= 0.6 is 0 Å². The van der Waals surface area contributed by atoms with Crippen LogP contribution in [0.3, 0.4) is 0 Å². The summed E-state index contributed by atoms with van der Waals surface area (Å²) in [4.78, 5) is 11.7. The molecule has 0 saturated heterocycles. The molecule has 0 heterocycles. The van der Waals surface area contributed by atoms with Gasteiger partial charge in [0.1, 0.15) is 5.82 Å². The zero-order valence-electron chi connectivity index (χ0n) is 11.8. The molecule has 116 valence electrons. The quantitative estimate of drug-likeness (QED) is 0.886. The third kappa shape index (κ3) is 5.29. The predicted molar refractivity (Wildman–Crippen MR) is 82.2 cm³/mol. The van der Waals surface area contributed by atoms with Crippen LogP contribution in [0.4, 0.5) is 4.39 Å². The second kappa shape index (κ2) is 7.17. The van der Waals surface area contributed by atoms with Gasteiger partial charge in [-0.15, -0.1) is 0 Å². The molecule has 0 atom stereocenters. The predicted octanol–water partition coefficient (Wildman–Crippen LogP) is 2.06. The van der Waals surface area contributed by atoms with E-state index in [1.54, 1.807) is 0 Å². The summed E-state index contributed by atoms with van der Waals surface area (Å²) >= 11 is 0. The molecule has 0 unspecified atom stereocenters. The molecule has 0 bridgehead atoms. The molecule has 2 aromatic carbocycles. The van der Waals surface area contributed by atoms with Crippen molar-refractivity contribution in [3.05, 3.63) is 71.5 Å². The summed E-state index contributed by atoms with van der Waals surface area (Å²) in [5, 5.41) is 0. The van der Waals surface area contributed by atoms with E-state index in [-0.39, 0.29) is 12.2 Å². The van der Waals surface area contributed by atoms with Gasteiger partial charge in [0, 0.05) is 0 Å². The molecule has 1 amide bonds. The minimum absolute atomic E-state index is 0.106. The highest BCUT2D eigenvalue weighted by molar-refractivity contribution is 7.90. The maximum Gasteiger partial charge on any atom is 0.237 e. The molecule has 0 fully saturated rings. The van der Waals surface area contributed by atoms with E-state index in [2.05, 4.69) is 0 Å². The topological polar surface area (TPSA) is 63.2 Å². The number of hydrogen-bond donors (Lipinski definition) is 1. The first-order chi connectivity index (χ1) is 10.4. The molecule has 2 rings (SSSR count). The van der Waals surface area contributed by atoms with Crippen molar-refractivity contribution in [3.8, 4) is 0 Å². The van der Waals surface area contributed by atoms with Gasteiger partial charge < -0.3 is 0 Å². The number of aryl methyl sites for hydroxylation is 1. The Balaban J connectivity index is 1.88. The second-order valence-electron chi connectivity index (χ2n) is 4.88. The van der Waals surface area contributed by atoms with E-state index in [0.29, 0.717) is 12.0 Å². The van der Waals surface area contributed by atoms with Crippen molar-refractivity contribution in [1.29, 1.82) is 0 Å². The number of amides is 1. The molecule has 0 aliphatic carbocycles. The number of carbonyl (C=O) groups is 1. The molecule has 0 aliphatic rings. The molecule has 1 N–H and O–H groups in total. The summed E-state index contributed by atoms with van der Waals surface area (Å²) in [6, 6.07) is 14.5. The minimum Gasteiger partial charge on any atom is -0.274 e. The Hall–Kier alpha value is -2.21. The molecule has 2 aromatic rings. The Bertz CT molecular complexity index is 728. The number of nitrogens with one attached hydrogen (secondary N) is 1. The van der Waals surface area contributed by atoms with E-state index in [1.165, 1.54) is 24.3 Å². The summed E-state index contributed by atoms with van der Waals surface area (Å²) in [6.45, 7) is 0. The van der Waals surface area contributed by atoms with Crippen LogP contribution in [0.2, 0.25) is 0 Å². The Morgan fingerprint density at radius 1 is 0.955 bits per heavy atom. The number of benzene rings is 2. The van der Waals surface area contributed by atoms with Crippen LogP contribution in [0, 0.1) is 5.82 Å². The normalized spacial score (nSPS) is 11.1. The van der Waals surface area contributed by atoms with Crippen LogP contribution in [0.5, 0.6) is 0 Å². The first-order valence-electron chi connectivity index (χ1n) is 6.76. The molecule has 0 saturated carbocycles. The number of sulfonamides is 1. The lowest BCUT2D eigenvalue weighted by atomic mass is 10.1. The lowest BCUT2D eigenvalue weighted by Crippen LogP contribution is -2.34. The summed E-state index contributed by atoms with van der Waals surface area (Å²) in [5.41, 5.74) is 1.44. The summed E-state index contributed by atoms with van der Waals surface area (Å²) in [7, 11) is -3.68. The molecular weight excluding hydrogens is 305 g/mol. The van der Waals surface area contributed by atoms with Crippen molar-refractivity contribution < 1.29 is 17.6 Å². The highest BCUT2D eigenvalue weighted by atomic mass is 32.2. The van der Waals surface area contributed by atoms with Gasteiger partial charge in [0.2, 0.25) is 15.9 Å². The average Bonchev–Trinajstić information content (AvgIpc) is 2.48. The van der Waals surface area contributed by atoms with Crippen molar-refractivity contribution in [2.75, 3.05) is 5.75 Å². The van der Waals surface area contributed by atoms with E-state index in [1.807, 2.05) is 35.1 Å². The third-order valence-electron chi connectivity index (χ3n) is 3.05. The van der Waals surface area contributed by atoms with Gasteiger partial charge in [-0.2, -0.15) is 0 Å². The van der Waals surface area contributed by atoms with E-state index in [9.17, 15) is 17.6 Å². The fourth-order valence-electron chi connectivity index (χ4n) is 1.95. The van der Waals surface area contributed by atoms with Crippen LogP contribution < -0.4 is 4.72 Å². The molecule has 0 spiro atoms. The molecule has 6 heteroatoms. The number of rotatable bonds is 6. The number of halogens is 1. The highest BCUT2D eigenvalue weighted by Gasteiger charge is 2.15. The Morgan fingerprint density at radius 3 is 2.23 bits per heavy atom. The minimum atomic E-state index is -3.68. The van der Waals surface area contributed by atoms with Crippen LogP contribution in [-0.4, -0.2) is 20.1 Å². The lowest BCUT2D eigenvalue weighted by molar-refractivity contribution is -0.118. The maximum atomic E-state index is 12.8. The van der Waals surface area contributed by atoms with E-state index >= 15 is 0 Å². The number of carbonyl (C=O) groups excluding carboxylic acids is 1. The van der Waals surface area contributed by atoms with Gasteiger partial charge in [-0.3, -0.25) is 9.52 Å². The standard InChI is InChI=1S/C16H16FNO3S/c17-15-8-6-14(7-9-15)12-16(19)18-22(20,21)11-10-13-4-2-1-3-5-13/h1-9H,10-12H2,(H,18,19). The zero-order chi connectivity index (χ0) is 16.0. The SMILES string of the molecule is O=C(Cc1ccc(F)cc1)NS(=O)(=O)CCc1ccccc1. The van der Waals surface area contributed by atoms with Crippen molar-refractivity contribution in [1.82, 2.24) is 4.72 Å². The van der Waals surface area contributed by atoms with Crippen molar-refractivity contribution in [2.24, 2.45) is 0 Å².